The lowest BCUT2D eigenvalue weighted by atomic mass is 9.78. The molecule has 154 valence electrons. The highest BCUT2D eigenvalue weighted by Crippen LogP contribution is 2.36. The molecule has 3 rings (SSSR count). The molecule has 1 atom stereocenters. The molecule has 1 amide bonds. The number of hydrogen-bond acceptors (Lipinski definition) is 3. The van der Waals surface area contributed by atoms with E-state index in [0.29, 0.717) is 18.7 Å². The smallest absolute Gasteiger partial charge is 0.318 e. The summed E-state index contributed by atoms with van der Waals surface area (Å²) in [5.41, 5.74) is 0. The minimum absolute atomic E-state index is 0.110. The van der Waals surface area contributed by atoms with Gasteiger partial charge in [0, 0.05) is 12.1 Å². The maximum absolute atomic E-state index is 13.9. The van der Waals surface area contributed by atoms with E-state index >= 15 is 0 Å². The van der Waals surface area contributed by atoms with E-state index in [1.165, 1.54) is 44.9 Å². The van der Waals surface area contributed by atoms with Crippen LogP contribution >= 0.6 is 0 Å². The topological polar surface area (TPSA) is 46.6 Å². The number of rotatable bonds is 6. The number of ether oxygens (including phenoxy) is 1. The molecule has 0 saturated heterocycles. The van der Waals surface area contributed by atoms with Crippen molar-refractivity contribution >= 4 is 11.9 Å². The molecule has 4 heteroatoms. The fourth-order valence-corrected chi connectivity index (χ4v) is 5.73. The highest BCUT2D eigenvalue weighted by molar-refractivity contribution is 5.98. The van der Waals surface area contributed by atoms with Crippen LogP contribution in [0.4, 0.5) is 0 Å². The van der Waals surface area contributed by atoms with E-state index in [1.807, 2.05) is 6.92 Å². The van der Waals surface area contributed by atoms with Crippen LogP contribution in [0, 0.1) is 11.8 Å². The van der Waals surface area contributed by atoms with Crippen LogP contribution in [0.25, 0.3) is 0 Å². The predicted molar refractivity (Wildman–Crippen MR) is 107 cm³/mol. The van der Waals surface area contributed by atoms with E-state index in [9.17, 15) is 9.59 Å². The first kappa shape index (κ1) is 20.7. The zero-order chi connectivity index (χ0) is 19.1. The van der Waals surface area contributed by atoms with Crippen molar-refractivity contribution in [1.29, 1.82) is 0 Å². The van der Waals surface area contributed by atoms with Crippen molar-refractivity contribution in [2.24, 2.45) is 11.8 Å². The predicted octanol–water partition coefficient (Wildman–Crippen LogP) is 5.24. The van der Waals surface area contributed by atoms with Crippen molar-refractivity contribution in [2.75, 3.05) is 6.61 Å². The van der Waals surface area contributed by atoms with Crippen LogP contribution in [0.1, 0.15) is 103 Å². The first-order chi connectivity index (χ1) is 13.2. The van der Waals surface area contributed by atoms with Crippen LogP contribution in [-0.2, 0) is 14.3 Å². The normalized spacial score (nSPS) is 24.3. The highest BCUT2D eigenvalue weighted by Gasteiger charge is 2.43. The van der Waals surface area contributed by atoms with Crippen molar-refractivity contribution in [3.8, 4) is 0 Å². The summed E-state index contributed by atoms with van der Waals surface area (Å²) in [6.07, 6.45) is 17.4. The Hall–Kier alpha value is -1.06. The van der Waals surface area contributed by atoms with Gasteiger partial charge in [-0.05, 0) is 51.4 Å². The first-order valence-electron chi connectivity index (χ1n) is 11.7. The third kappa shape index (κ3) is 5.26. The van der Waals surface area contributed by atoms with Crippen LogP contribution in [0.15, 0.2) is 0 Å². The van der Waals surface area contributed by atoms with Gasteiger partial charge < -0.3 is 9.64 Å². The van der Waals surface area contributed by atoms with Gasteiger partial charge in [-0.15, -0.1) is 0 Å². The lowest BCUT2D eigenvalue weighted by molar-refractivity contribution is -0.161. The maximum atomic E-state index is 13.9. The summed E-state index contributed by atoms with van der Waals surface area (Å²) in [6.45, 7) is 2.21. The molecular weight excluding hydrogens is 338 g/mol. The van der Waals surface area contributed by atoms with Gasteiger partial charge in [-0.1, -0.05) is 57.8 Å². The van der Waals surface area contributed by atoms with E-state index in [2.05, 4.69) is 4.90 Å². The molecule has 0 N–H and O–H groups in total. The zero-order valence-electron chi connectivity index (χ0n) is 17.3. The molecule has 0 aromatic heterocycles. The second-order valence-corrected chi connectivity index (χ2v) is 8.96. The van der Waals surface area contributed by atoms with Crippen LogP contribution in [0.2, 0.25) is 0 Å². The average Bonchev–Trinajstić information content (AvgIpc) is 2.71. The summed E-state index contributed by atoms with van der Waals surface area (Å²) in [5.74, 6) is -0.528. The molecule has 0 spiro atoms. The van der Waals surface area contributed by atoms with Crippen molar-refractivity contribution in [3.63, 3.8) is 0 Å². The van der Waals surface area contributed by atoms with Gasteiger partial charge in [0.05, 0.1) is 6.61 Å². The zero-order valence-corrected chi connectivity index (χ0v) is 17.3. The Bertz CT molecular complexity index is 456. The number of carbonyl (C=O) groups is 2. The molecule has 0 aliphatic heterocycles. The van der Waals surface area contributed by atoms with Gasteiger partial charge in [0.1, 0.15) is 5.92 Å². The van der Waals surface area contributed by atoms with Crippen LogP contribution in [-0.4, -0.2) is 35.5 Å². The first-order valence-corrected chi connectivity index (χ1v) is 11.7. The fraction of sp³-hybridized carbons (Fsp3) is 0.913. The molecule has 4 nitrogen and oxygen atoms in total. The monoisotopic (exact) mass is 377 g/mol. The van der Waals surface area contributed by atoms with Gasteiger partial charge in [-0.2, -0.15) is 0 Å². The Morgan fingerprint density at radius 1 is 0.778 bits per heavy atom. The van der Waals surface area contributed by atoms with Crippen LogP contribution < -0.4 is 0 Å². The molecule has 3 saturated carbocycles. The van der Waals surface area contributed by atoms with Crippen molar-refractivity contribution in [3.05, 3.63) is 0 Å². The van der Waals surface area contributed by atoms with E-state index < -0.39 is 5.92 Å². The molecular formula is C23H39NO3. The highest BCUT2D eigenvalue weighted by atomic mass is 16.5. The largest absolute Gasteiger partial charge is 0.465 e. The summed E-state index contributed by atoms with van der Waals surface area (Å²) in [6, 6.07) is 0.685. The third-order valence-corrected chi connectivity index (χ3v) is 7.12. The van der Waals surface area contributed by atoms with Gasteiger partial charge in [-0.25, -0.2) is 0 Å². The van der Waals surface area contributed by atoms with Gasteiger partial charge >= 0.3 is 5.97 Å². The second kappa shape index (κ2) is 10.5. The summed E-state index contributed by atoms with van der Waals surface area (Å²) >= 11 is 0. The Balaban J connectivity index is 1.83. The Kier molecular flexibility index (Phi) is 8.02. The standard InChI is InChI=1S/C23H39NO3/c1-2-27-23(26)21(18-12-6-3-7-13-18)22(25)24(19-14-8-4-9-15-19)20-16-10-5-11-17-20/h18-21H,2-17H2,1H3/t21-/m1/s1. The van der Waals surface area contributed by atoms with E-state index in [0.717, 1.165) is 51.4 Å². The van der Waals surface area contributed by atoms with Crippen LogP contribution in [0.3, 0.4) is 0 Å². The van der Waals surface area contributed by atoms with E-state index in [4.69, 9.17) is 4.74 Å². The minimum atomic E-state index is -0.561. The Labute approximate surface area is 165 Å². The van der Waals surface area contributed by atoms with Gasteiger partial charge in [0.15, 0.2) is 0 Å². The van der Waals surface area contributed by atoms with Gasteiger partial charge in [0.2, 0.25) is 5.91 Å². The summed E-state index contributed by atoms with van der Waals surface area (Å²) in [7, 11) is 0. The van der Waals surface area contributed by atoms with E-state index in [1.54, 1.807) is 0 Å². The third-order valence-electron chi connectivity index (χ3n) is 7.12. The van der Waals surface area contributed by atoms with Crippen molar-refractivity contribution in [1.82, 2.24) is 4.90 Å². The molecule has 3 aliphatic rings. The SMILES string of the molecule is CCOC(=O)[C@@H](C(=O)N(C1CCCCC1)C1CCCCC1)C1CCCCC1. The average molecular weight is 378 g/mol. The summed E-state index contributed by atoms with van der Waals surface area (Å²) < 4.78 is 5.42. The Morgan fingerprint density at radius 2 is 1.22 bits per heavy atom. The molecule has 0 unspecified atom stereocenters. The summed E-state index contributed by atoms with van der Waals surface area (Å²) in [4.78, 5) is 29.0. The number of nitrogens with zero attached hydrogens (tertiary/aromatic N) is 1. The van der Waals surface area contributed by atoms with E-state index in [-0.39, 0.29) is 17.8 Å². The van der Waals surface area contributed by atoms with Crippen LogP contribution in [0.5, 0.6) is 0 Å². The number of hydrogen-bond donors (Lipinski definition) is 0. The molecule has 0 radical (unpaired) electrons. The summed E-state index contributed by atoms with van der Waals surface area (Å²) in [5, 5.41) is 0. The quantitative estimate of drug-likeness (QED) is 0.470. The maximum Gasteiger partial charge on any atom is 0.318 e. The lowest BCUT2D eigenvalue weighted by Crippen LogP contribution is -2.53. The van der Waals surface area contributed by atoms with Gasteiger partial charge in [-0.3, -0.25) is 9.59 Å². The molecule has 0 bridgehead atoms. The minimum Gasteiger partial charge on any atom is -0.465 e. The molecule has 0 heterocycles. The van der Waals surface area contributed by atoms with Crippen molar-refractivity contribution < 1.29 is 14.3 Å². The fourth-order valence-electron chi connectivity index (χ4n) is 5.73. The number of carbonyl (C=O) groups excluding carboxylic acids is 2. The molecule has 3 aliphatic carbocycles. The Morgan fingerprint density at radius 3 is 1.67 bits per heavy atom. The molecule has 0 aromatic rings. The molecule has 3 fully saturated rings. The van der Waals surface area contributed by atoms with Crippen molar-refractivity contribution in [2.45, 2.75) is 115 Å². The number of amides is 1. The molecule has 0 aromatic carbocycles. The van der Waals surface area contributed by atoms with Gasteiger partial charge in [0.25, 0.3) is 0 Å². The number of esters is 1. The molecule has 27 heavy (non-hydrogen) atoms. The second-order valence-electron chi connectivity index (χ2n) is 8.96. The lowest BCUT2D eigenvalue weighted by Gasteiger charge is -2.44.